The van der Waals surface area contributed by atoms with Crippen LogP contribution in [0.4, 0.5) is 5.69 Å². The lowest BCUT2D eigenvalue weighted by atomic mass is 9.80. The van der Waals surface area contributed by atoms with Crippen molar-refractivity contribution in [3.05, 3.63) is 74.8 Å². The monoisotopic (exact) mass is 433 g/mol. The Labute approximate surface area is 184 Å². The highest BCUT2D eigenvalue weighted by Gasteiger charge is 2.38. The van der Waals surface area contributed by atoms with Crippen LogP contribution in [0.25, 0.3) is 11.1 Å². The molecule has 2 aromatic heterocycles. The summed E-state index contributed by atoms with van der Waals surface area (Å²) in [6, 6.07) is 15.0. The van der Waals surface area contributed by atoms with Crippen molar-refractivity contribution in [1.82, 2.24) is 9.47 Å². The van der Waals surface area contributed by atoms with E-state index >= 15 is 0 Å². The highest BCUT2D eigenvalue weighted by molar-refractivity contribution is 7.12. The van der Waals surface area contributed by atoms with Crippen LogP contribution in [0.3, 0.4) is 0 Å². The number of carbonyl (C=O) groups excluding carboxylic acids is 2. The van der Waals surface area contributed by atoms with Crippen LogP contribution >= 0.6 is 11.3 Å². The van der Waals surface area contributed by atoms with Gasteiger partial charge in [-0.25, -0.2) is 0 Å². The van der Waals surface area contributed by atoms with Crippen LogP contribution in [-0.4, -0.2) is 34.4 Å². The smallest absolute Gasteiger partial charge is 0.263 e. The topological polar surface area (TPSA) is 71.4 Å². The maximum absolute atomic E-state index is 13.0. The normalized spacial score (nSPS) is 19.6. The first kappa shape index (κ1) is 19.8. The summed E-state index contributed by atoms with van der Waals surface area (Å²) in [4.78, 5) is 39.7. The second-order valence-corrected chi connectivity index (χ2v) is 9.27. The van der Waals surface area contributed by atoms with Crippen molar-refractivity contribution in [2.45, 2.75) is 25.8 Å². The van der Waals surface area contributed by atoms with E-state index in [-0.39, 0.29) is 29.2 Å². The molecule has 158 valence electrons. The molecule has 0 aliphatic carbocycles. The quantitative estimate of drug-likeness (QED) is 0.683. The van der Waals surface area contributed by atoms with Crippen LogP contribution in [0, 0.1) is 5.92 Å². The summed E-state index contributed by atoms with van der Waals surface area (Å²) in [6.07, 6.45) is 0.981. The zero-order valence-electron chi connectivity index (χ0n) is 17.2. The number of nitrogens with one attached hydrogen (secondary N) is 1. The fraction of sp³-hybridized carbons (Fsp3) is 0.292. The second kappa shape index (κ2) is 7.81. The Balaban J connectivity index is 1.51. The number of hydrogen-bond acceptors (Lipinski definition) is 4. The zero-order valence-corrected chi connectivity index (χ0v) is 18.0. The average Bonchev–Trinajstić information content (AvgIpc) is 3.29. The molecule has 2 atom stereocenters. The number of pyridine rings is 1. The van der Waals surface area contributed by atoms with Crippen LogP contribution < -0.4 is 10.9 Å². The summed E-state index contributed by atoms with van der Waals surface area (Å²) in [6.45, 7) is 3.43. The standard InChI is InChI=1S/C24H23N3O3S/c1-15(28)25-19-6-4-17(5-7-19)20-8-9-22(29)27-13-16-11-18(23(20)27)14-26(12-16)24(30)21-3-2-10-31-21/h2-10,16,18H,11-14H2,1H3,(H,25,28)/t16-,18+/m0/s1. The lowest BCUT2D eigenvalue weighted by Gasteiger charge is -2.43. The number of thiophene rings is 1. The lowest BCUT2D eigenvalue weighted by molar-refractivity contribution is -0.114. The number of fused-ring (bicyclic) bond motifs is 4. The molecule has 7 heteroatoms. The number of aromatic nitrogens is 1. The Morgan fingerprint density at radius 1 is 1.03 bits per heavy atom. The van der Waals surface area contributed by atoms with Crippen molar-refractivity contribution < 1.29 is 9.59 Å². The third kappa shape index (κ3) is 3.70. The predicted octanol–water partition coefficient (Wildman–Crippen LogP) is 3.79. The van der Waals surface area contributed by atoms with Crippen LogP contribution in [0.15, 0.2) is 58.7 Å². The van der Waals surface area contributed by atoms with Gasteiger partial charge in [0.05, 0.1) is 4.88 Å². The van der Waals surface area contributed by atoms with E-state index in [1.807, 2.05) is 57.3 Å². The largest absolute Gasteiger partial charge is 0.337 e. The molecule has 3 aromatic rings. The molecule has 2 bridgehead atoms. The summed E-state index contributed by atoms with van der Waals surface area (Å²) < 4.78 is 1.91. The zero-order chi connectivity index (χ0) is 21.5. The predicted molar refractivity (Wildman–Crippen MR) is 122 cm³/mol. The number of carbonyl (C=O) groups is 2. The second-order valence-electron chi connectivity index (χ2n) is 8.33. The number of nitrogens with zero attached hydrogens (tertiary/aromatic N) is 2. The summed E-state index contributed by atoms with van der Waals surface area (Å²) in [5, 5.41) is 4.71. The van der Waals surface area contributed by atoms with E-state index in [2.05, 4.69) is 5.32 Å². The van der Waals surface area contributed by atoms with Crippen molar-refractivity contribution in [2.24, 2.45) is 5.92 Å². The summed E-state index contributed by atoms with van der Waals surface area (Å²) in [5.41, 5.74) is 3.78. The maximum atomic E-state index is 13.0. The van der Waals surface area contributed by atoms with Gasteiger partial charge < -0.3 is 14.8 Å². The van der Waals surface area contributed by atoms with E-state index in [4.69, 9.17) is 0 Å². The van der Waals surface area contributed by atoms with E-state index in [1.54, 1.807) is 6.07 Å². The number of hydrogen-bond donors (Lipinski definition) is 1. The van der Waals surface area contributed by atoms with Crippen molar-refractivity contribution in [2.75, 3.05) is 18.4 Å². The molecule has 2 amide bonds. The van der Waals surface area contributed by atoms with Gasteiger partial charge in [-0.3, -0.25) is 14.4 Å². The van der Waals surface area contributed by atoms with Crippen LogP contribution in [-0.2, 0) is 11.3 Å². The molecule has 0 saturated carbocycles. The Kier molecular flexibility index (Phi) is 4.98. The van der Waals surface area contributed by atoms with E-state index < -0.39 is 0 Å². The number of piperidine rings is 1. The first-order valence-corrected chi connectivity index (χ1v) is 11.3. The average molecular weight is 434 g/mol. The van der Waals surface area contributed by atoms with Gasteiger partial charge in [0.2, 0.25) is 5.91 Å². The Bertz CT molecular complexity index is 1200. The number of rotatable bonds is 3. The van der Waals surface area contributed by atoms with Crippen molar-refractivity contribution in [1.29, 1.82) is 0 Å². The molecule has 0 radical (unpaired) electrons. The third-order valence-corrected chi connectivity index (χ3v) is 6.98. The van der Waals surface area contributed by atoms with Crippen LogP contribution in [0.5, 0.6) is 0 Å². The summed E-state index contributed by atoms with van der Waals surface area (Å²) in [5.74, 6) is 0.373. The molecule has 6 nitrogen and oxygen atoms in total. The third-order valence-electron chi connectivity index (χ3n) is 6.13. The molecular formula is C24H23N3O3S. The molecule has 2 aliphatic heterocycles. The van der Waals surface area contributed by atoms with Gasteiger partial charge in [-0.15, -0.1) is 11.3 Å². The van der Waals surface area contributed by atoms with Gasteiger partial charge >= 0.3 is 0 Å². The number of anilines is 1. The molecule has 2 aliphatic rings. The molecule has 0 unspecified atom stereocenters. The molecule has 4 heterocycles. The van der Waals surface area contributed by atoms with Gasteiger partial charge in [0, 0.05) is 55.5 Å². The number of likely N-dealkylation sites (tertiary alicyclic amines) is 1. The van der Waals surface area contributed by atoms with E-state index in [9.17, 15) is 14.4 Å². The molecule has 1 aromatic carbocycles. The van der Waals surface area contributed by atoms with Gasteiger partial charge in [-0.1, -0.05) is 18.2 Å². The SMILES string of the molecule is CC(=O)Nc1ccc(-c2ccc(=O)n3c2[C@@H]2C[C@@H](CN(C(=O)c4cccs4)C2)C3)cc1. The number of benzene rings is 1. The summed E-state index contributed by atoms with van der Waals surface area (Å²) >= 11 is 1.47. The highest BCUT2D eigenvalue weighted by Crippen LogP contribution is 2.40. The molecule has 31 heavy (non-hydrogen) atoms. The molecule has 5 rings (SSSR count). The van der Waals surface area contributed by atoms with Gasteiger partial charge in [-0.2, -0.15) is 0 Å². The van der Waals surface area contributed by atoms with Crippen molar-refractivity contribution in [3.63, 3.8) is 0 Å². The Morgan fingerprint density at radius 3 is 2.55 bits per heavy atom. The maximum Gasteiger partial charge on any atom is 0.263 e. The Morgan fingerprint density at radius 2 is 1.84 bits per heavy atom. The fourth-order valence-electron chi connectivity index (χ4n) is 4.92. The van der Waals surface area contributed by atoms with Crippen molar-refractivity contribution >= 4 is 28.8 Å². The first-order chi connectivity index (χ1) is 15.0. The van der Waals surface area contributed by atoms with E-state index in [0.717, 1.165) is 33.8 Å². The molecule has 1 saturated heterocycles. The highest BCUT2D eigenvalue weighted by atomic mass is 32.1. The van der Waals surface area contributed by atoms with Gasteiger partial charge in [0.25, 0.3) is 11.5 Å². The minimum absolute atomic E-state index is 0.0151. The minimum Gasteiger partial charge on any atom is -0.337 e. The van der Waals surface area contributed by atoms with Crippen LogP contribution in [0.2, 0.25) is 0 Å². The van der Waals surface area contributed by atoms with E-state index in [0.29, 0.717) is 19.6 Å². The van der Waals surface area contributed by atoms with E-state index in [1.165, 1.54) is 18.3 Å². The van der Waals surface area contributed by atoms with Gasteiger partial charge in [0.1, 0.15) is 0 Å². The number of amides is 2. The first-order valence-electron chi connectivity index (χ1n) is 10.4. The molecule has 1 fully saturated rings. The fourth-order valence-corrected chi connectivity index (χ4v) is 5.61. The van der Waals surface area contributed by atoms with Gasteiger partial charge in [0.15, 0.2) is 0 Å². The van der Waals surface area contributed by atoms with Crippen molar-refractivity contribution in [3.8, 4) is 11.1 Å². The van der Waals surface area contributed by atoms with Crippen LogP contribution in [0.1, 0.15) is 34.6 Å². The summed E-state index contributed by atoms with van der Waals surface area (Å²) in [7, 11) is 0. The Hall–Kier alpha value is -3.19. The molecule has 1 N–H and O–H groups in total. The molecular weight excluding hydrogens is 410 g/mol. The molecule has 0 spiro atoms. The van der Waals surface area contributed by atoms with Gasteiger partial charge in [-0.05, 0) is 47.5 Å². The lowest BCUT2D eigenvalue weighted by Crippen LogP contribution is -2.49. The minimum atomic E-state index is -0.111.